The summed E-state index contributed by atoms with van der Waals surface area (Å²) in [7, 11) is 0. The van der Waals surface area contributed by atoms with Crippen LogP contribution in [-0.4, -0.2) is 6.61 Å². The third-order valence-electron chi connectivity index (χ3n) is 3.06. The quantitative estimate of drug-likeness (QED) is 0.914. The van der Waals surface area contributed by atoms with Crippen LogP contribution in [0.25, 0.3) is 0 Å². The lowest BCUT2D eigenvalue weighted by atomic mass is 10.1. The van der Waals surface area contributed by atoms with Crippen LogP contribution in [0.4, 0.5) is 0 Å². The molecular weight excluding hydrogens is 258 g/mol. The van der Waals surface area contributed by atoms with Crippen LogP contribution in [0.2, 0.25) is 5.02 Å². The Balaban J connectivity index is 2.07. The molecule has 19 heavy (non-hydrogen) atoms. The predicted octanol–water partition coefficient (Wildman–Crippen LogP) is 4.04. The van der Waals surface area contributed by atoms with Crippen LogP contribution in [0, 0.1) is 13.8 Å². The van der Waals surface area contributed by atoms with Crippen LogP contribution >= 0.6 is 11.6 Å². The van der Waals surface area contributed by atoms with Crippen molar-refractivity contribution in [2.45, 2.75) is 19.9 Å². The third-order valence-corrected chi connectivity index (χ3v) is 3.28. The second kappa shape index (κ2) is 6.09. The molecule has 0 amide bonds. The number of ether oxygens (including phenoxy) is 1. The molecule has 0 fully saturated rings. The van der Waals surface area contributed by atoms with Gasteiger partial charge in [-0.25, -0.2) is 0 Å². The summed E-state index contributed by atoms with van der Waals surface area (Å²) < 4.78 is 5.86. The molecule has 0 aromatic heterocycles. The van der Waals surface area contributed by atoms with E-state index in [1.165, 1.54) is 0 Å². The van der Waals surface area contributed by atoms with Gasteiger partial charge in [-0.3, -0.25) is 0 Å². The molecule has 0 saturated heterocycles. The van der Waals surface area contributed by atoms with E-state index in [-0.39, 0.29) is 6.04 Å². The smallest absolute Gasteiger partial charge is 0.125 e. The van der Waals surface area contributed by atoms with E-state index in [2.05, 4.69) is 0 Å². The van der Waals surface area contributed by atoms with Crippen molar-refractivity contribution in [3.8, 4) is 5.75 Å². The van der Waals surface area contributed by atoms with Gasteiger partial charge in [0.15, 0.2) is 0 Å². The number of nitrogens with two attached hydrogens (primary N) is 1. The summed E-state index contributed by atoms with van der Waals surface area (Å²) in [5.74, 6) is 0.871. The van der Waals surface area contributed by atoms with Gasteiger partial charge >= 0.3 is 0 Å². The molecular formula is C16H18ClNO. The van der Waals surface area contributed by atoms with Crippen molar-refractivity contribution in [2.75, 3.05) is 6.61 Å². The molecule has 2 nitrogen and oxygen atoms in total. The zero-order chi connectivity index (χ0) is 13.8. The Hall–Kier alpha value is -1.51. The topological polar surface area (TPSA) is 35.2 Å². The lowest BCUT2D eigenvalue weighted by Crippen LogP contribution is -2.19. The van der Waals surface area contributed by atoms with Crippen molar-refractivity contribution >= 4 is 11.6 Å². The Kier molecular flexibility index (Phi) is 4.46. The van der Waals surface area contributed by atoms with Gasteiger partial charge in [0.25, 0.3) is 0 Å². The van der Waals surface area contributed by atoms with E-state index in [1.807, 2.05) is 56.3 Å². The lowest BCUT2D eigenvalue weighted by molar-refractivity contribution is 0.287. The van der Waals surface area contributed by atoms with Gasteiger partial charge in [0.05, 0.1) is 6.04 Å². The molecule has 2 aromatic carbocycles. The highest BCUT2D eigenvalue weighted by molar-refractivity contribution is 6.30. The van der Waals surface area contributed by atoms with Crippen molar-refractivity contribution in [2.24, 2.45) is 5.73 Å². The number of halogens is 1. The van der Waals surface area contributed by atoms with E-state index < -0.39 is 0 Å². The molecule has 2 N–H and O–H groups in total. The van der Waals surface area contributed by atoms with Gasteiger partial charge in [-0.15, -0.1) is 0 Å². The van der Waals surface area contributed by atoms with Gasteiger partial charge in [0.2, 0.25) is 0 Å². The van der Waals surface area contributed by atoms with Crippen molar-refractivity contribution in [3.63, 3.8) is 0 Å². The summed E-state index contributed by atoms with van der Waals surface area (Å²) in [6, 6.07) is 13.6. The van der Waals surface area contributed by atoms with E-state index in [9.17, 15) is 0 Å². The maximum atomic E-state index is 6.12. The average molecular weight is 276 g/mol. The molecule has 0 radical (unpaired) electrons. The van der Waals surface area contributed by atoms with Crippen LogP contribution in [0.1, 0.15) is 22.7 Å². The van der Waals surface area contributed by atoms with Crippen LogP contribution in [0.5, 0.6) is 5.75 Å². The van der Waals surface area contributed by atoms with Crippen molar-refractivity contribution < 1.29 is 4.74 Å². The zero-order valence-corrected chi connectivity index (χ0v) is 11.9. The molecule has 0 heterocycles. The Morgan fingerprint density at radius 2 is 1.68 bits per heavy atom. The molecule has 0 saturated carbocycles. The highest BCUT2D eigenvalue weighted by atomic mass is 35.5. The van der Waals surface area contributed by atoms with E-state index in [1.54, 1.807) is 0 Å². The highest BCUT2D eigenvalue weighted by Gasteiger charge is 2.10. The minimum absolute atomic E-state index is 0.129. The molecule has 0 aliphatic heterocycles. The van der Waals surface area contributed by atoms with Gasteiger partial charge in [0.1, 0.15) is 12.4 Å². The minimum atomic E-state index is -0.129. The number of hydrogen-bond donors (Lipinski definition) is 1. The Labute approximate surface area is 119 Å². The van der Waals surface area contributed by atoms with Gasteiger partial charge in [0, 0.05) is 5.02 Å². The summed E-state index contributed by atoms with van der Waals surface area (Å²) in [5.41, 5.74) is 9.26. The van der Waals surface area contributed by atoms with E-state index >= 15 is 0 Å². The first-order valence-electron chi connectivity index (χ1n) is 6.28. The second-order valence-electron chi connectivity index (χ2n) is 4.70. The highest BCUT2D eigenvalue weighted by Crippen LogP contribution is 2.27. The van der Waals surface area contributed by atoms with E-state index in [4.69, 9.17) is 22.1 Å². The molecule has 3 heteroatoms. The first-order valence-corrected chi connectivity index (χ1v) is 6.66. The summed E-state index contributed by atoms with van der Waals surface area (Å²) >= 11 is 6.00. The number of hydrogen-bond acceptors (Lipinski definition) is 2. The summed E-state index contributed by atoms with van der Waals surface area (Å²) in [5, 5.41) is 0.731. The third kappa shape index (κ3) is 3.49. The molecule has 0 bridgehead atoms. The van der Waals surface area contributed by atoms with E-state index in [0.717, 1.165) is 27.5 Å². The van der Waals surface area contributed by atoms with Crippen molar-refractivity contribution in [3.05, 3.63) is 64.2 Å². The van der Waals surface area contributed by atoms with Crippen molar-refractivity contribution in [1.29, 1.82) is 0 Å². The molecule has 0 aliphatic carbocycles. The molecule has 2 aromatic rings. The zero-order valence-electron chi connectivity index (χ0n) is 11.2. The van der Waals surface area contributed by atoms with Gasteiger partial charge in [-0.1, -0.05) is 41.9 Å². The molecule has 0 aliphatic rings. The summed E-state index contributed by atoms with van der Waals surface area (Å²) in [6.45, 7) is 4.43. The molecule has 1 atom stereocenters. The average Bonchev–Trinajstić information content (AvgIpc) is 2.38. The Bertz CT molecular complexity index is 531. The Morgan fingerprint density at radius 3 is 2.26 bits per heavy atom. The van der Waals surface area contributed by atoms with Crippen LogP contribution in [0.15, 0.2) is 42.5 Å². The molecule has 0 spiro atoms. The standard InChI is InChI=1S/C16H18ClNO/c1-11-8-14(17)9-12(2)16(11)19-10-15(18)13-6-4-3-5-7-13/h3-9,15H,10,18H2,1-2H3/t15-/m1/s1. The molecule has 2 rings (SSSR count). The molecule has 100 valence electrons. The molecule has 0 unspecified atom stereocenters. The maximum Gasteiger partial charge on any atom is 0.125 e. The fraction of sp³-hybridized carbons (Fsp3) is 0.250. The van der Waals surface area contributed by atoms with Gasteiger partial charge in [-0.2, -0.15) is 0 Å². The number of benzene rings is 2. The van der Waals surface area contributed by atoms with Crippen molar-refractivity contribution in [1.82, 2.24) is 0 Å². The normalized spacial score (nSPS) is 12.2. The minimum Gasteiger partial charge on any atom is -0.491 e. The number of aryl methyl sites for hydroxylation is 2. The first-order chi connectivity index (χ1) is 9.08. The van der Waals surface area contributed by atoms with Gasteiger partial charge in [-0.05, 0) is 42.7 Å². The fourth-order valence-electron chi connectivity index (χ4n) is 2.09. The van der Waals surface area contributed by atoms with Crippen LogP contribution in [-0.2, 0) is 0 Å². The first kappa shape index (κ1) is 13.9. The monoisotopic (exact) mass is 275 g/mol. The number of rotatable bonds is 4. The summed E-state index contributed by atoms with van der Waals surface area (Å²) in [6.07, 6.45) is 0. The summed E-state index contributed by atoms with van der Waals surface area (Å²) in [4.78, 5) is 0. The Morgan fingerprint density at radius 1 is 1.11 bits per heavy atom. The maximum absolute atomic E-state index is 6.12. The SMILES string of the molecule is Cc1cc(Cl)cc(C)c1OC[C@@H](N)c1ccccc1. The predicted molar refractivity (Wildman–Crippen MR) is 79.8 cm³/mol. The van der Waals surface area contributed by atoms with E-state index in [0.29, 0.717) is 6.61 Å². The van der Waals surface area contributed by atoms with Crippen LogP contribution < -0.4 is 10.5 Å². The lowest BCUT2D eigenvalue weighted by Gasteiger charge is -2.17. The van der Waals surface area contributed by atoms with Gasteiger partial charge < -0.3 is 10.5 Å². The second-order valence-corrected chi connectivity index (χ2v) is 5.13. The van der Waals surface area contributed by atoms with Crippen LogP contribution in [0.3, 0.4) is 0 Å². The largest absolute Gasteiger partial charge is 0.491 e. The fourth-order valence-corrected chi connectivity index (χ4v) is 2.42.